The molecule has 1 amide bonds. The summed E-state index contributed by atoms with van der Waals surface area (Å²) in [5, 5.41) is 0.402. The van der Waals surface area contributed by atoms with Crippen molar-refractivity contribution in [1.29, 1.82) is 0 Å². The fraction of sp³-hybridized carbons (Fsp3) is 0.435. The van der Waals surface area contributed by atoms with E-state index in [9.17, 15) is 13.2 Å². The summed E-state index contributed by atoms with van der Waals surface area (Å²) in [5.74, 6) is 1.74. The predicted molar refractivity (Wildman–Crippen MR) is 127 cm³/mol. The van der Waals surface area contributed by atoms with Gasteiger partial charge in [0.1, 0.15) is 5.75 Å². The molecular formula is C23H26ClN3O6S. The lowest BCUT2D eigenvalue weighted by molar-refractivity contribution is -0.140. The Morgan fingerprint density at radius 2 is 1.74 bits per heavy atom. The summed E-state index contributed by atoms with van der Waals surface area (Å²) in [6.45, 7) is 3.77. The molecule has 0 spiro atoms. The normalized spacial score (nSPS) is 20.5. The third-order valence-corrected chi connectivity index (χ3v) is 7.67. The summed E-state index contributed by atoms with van der Waals surface area (Å²) in [5.41, 5.74) is 1.49. The highest BCUT2D eigenvalue weighted by molar-refractivity contribution is 7.92. The Labute approximate surface area is 203 Å². The van der Waals surface area contributed by atoms with Crippen molar-refractivity contribution in [3.05, 3.63) is 47.0 Å². The second-order valence-corrected chi connectivity index (χ2v) is 11.0. The number of halogens is 1. The molecule has 3 aliphatic rings. The largest absolute Gasteiger partial charge is 0.478 e. The van der Waals surface area contributed by atoms with Crippen molar-refractivity contribution in [2.45, 2.75) is 19.1 Å². The second-order valence-electron chi connectivity index (χ2n) is 8.63. The lowest BCUT2D eigenvalue weighted by atomic mass is 10.1. The minimum atomic E-state index is -3.55. The Morgan fingerprint density at radius 1 is 1.00 bits per heavy atom. The highest BCUT2D eigenvalue weighted by Gasteiger charge is 2.34. The zero-order valence-electron chi connectivity index (χ0n) is 18.8. The Hall–Kier alpha value is -2.69. The number of anilines is 1. The van der Waals surface area contributed by atoms with Gasteiger partial charge in [-0.15, -0.1) is 0 Å². The molecule has 5 rings (SSSR count). The van der Waals surface area contributed by atoms with E-state index in [-0.39, 0.29) is 25.7 Å². The first kappa shape index (κ1) is 23.1. The molecule has 0 aliphatic carbocycles. The van der Waals surface area contributed by atoms with Crippen LogP contribution in [-0.2, 0) is 21.4 Å². The number of carbonyl (C=O) groups excluding carboxylic acids is 1. The average Bonchev–Trinajstić information content (AvgIpc) is 3.18. The van der Waals surface area contributed by atoms with E-state index >= 15 is 0 Å². The molecule has 1 fully saturated rings. The smallest absolute Gasteiger partial charge is 0.263 e. The van der Waals surface area contributed by atoms with E-state index in [1.807, 2.05) is 18.2 Å². The maximum atomic E-state index is 13.3. The predicted octanol–water partition coefficient (Wildman–Crippen LogP) is 2.33. The van der Waals surface area contributed by atoms with E-state index in [1.165, 1.54) is 4.31 Å². The first-order valence-electron chi connectivity index (χ1n) is 11.1. The van der Waals surface area contributed by atoms with Crippen LogP contribution < -0.4 is 18.5 Å². The van der Waals surface area contributed by atoms with Crippen LogP contribution in [0.4, 0.5) is 5.69 Å². The number of nitrogens with zero attached hydrogens (tertiary/aromatic N) is 3. The van der Waals surface area contributed by atoms with Gasteiger partial charge < -0.3 is 19.1 Å². The zero-order valence-corrected chi connectivity index (χ0v) is 20.3. The summed E-state index contributed by atoms with van der Waals surface area (Å²) in [6.07, 6.45) is 0.640. The SMILES string of the molecule is CS(=O)(=O)N1CCC(C(=O)N2CCN(Cc3ccc4c(c3)OCO4)CC2)Oc2ccc(Cl)cc21. The molecule has 34 heavy (non-hydrogen) atoms. The summed E-state index contributed by atoms with van der Waals surface area (Å²) in [6, 6.07) is 10.7. The molecule has 9 nitrogen and oxygen atoms in total. The van der Waals surface area contributed by atoms with Gasteiger partial charge in [-0.2, -0.15) is 0 Å². The standard InChI is InChI=1S/C23H26ClN3O6S/c1-34(29,30)27-7-6-21(33-19-5-3-17(24)13-18(19)27)23(28)26-10-8-25(9-11-26)14-16-2-4-20-22(12-16)32-15-31-20/h2-5,12-13,21H,6-11,14-15H2,1H3. The van der Waals surface area contributed by atoms with Gasteiger partial charge in [-0.25, -0.2) is 8.42 Å². The number of benzene rings is 2. The summed E-state index contributed by atoms with van der Waals surface area (Å²) in [7, 11) is -3.55. The number of fused-ring (bicyclic) bond motifs is 2. The molecule has 0 N–H and O–H groups in total. The molecule has 11 heteroatoms. The van der Waals surface area contributed by atoms with Crippen LogP contribution in [0.2, 0.25) is 5.02 Å². The topological polar surface area (TPSA) is 88.6 Å². The highest BCUT2D eigenvalue weighted by Crippen LogP contribution is 2.37. The molecule has 1 unspecified atom stereocenters. The van der Waals surface area contributed by atoms with Crippen LogP contribution in [0.5, 0.6) is 17.2 Å². The van der Waals surface area contributed by atoms with Gasteiger partial charge in [-0.1, -0.05) is 17.7 Å². The van der Waals surface area contributed by atoms with Crippen molar-refractivity contribution in [3.63, 3.8) is 0 Å². The van der Waals surface area contributed by atoms with Crippen LogP contribution in [-0.4, -0.2) is 76.0 Å². The van der Waals surface area contributed by atoms with E-state index in [0.717, 1.165) is 43.0 Å². The maximum absolute atomic E-state index is 13.3. The molecule has 0 saturated carbocycles. The van der Waals surface area contributed by atoms with Crippen molar-refractivity contribution in [3.8, 4) is 17.2 Å². The average molecular weight is 508 g/mol. The molecule has 0 aromatic heterocycles. The fourth-order valence-electron chi connectivity index (χ4n) is 4.50. The third kappa shape index (κ3) is 4.75. The van der Waals surface area contributed by atoms with Crippen LogP contribution in [0.15, 0.2) is 36.4 Å². The molecule has 3 aliphatic heterocycles. The lowest BCUT2D eigenvalue weighted by Crippen LogP contribution is -2.52. The van der Waals surface area contributed by atoms with Gasteiger partial charge in [-0.05, 0) is 35.9 Å². The molecule has 0 radical (unpaired) electrons. The number of piperazine rings is 1. The quantitative estimate of drug-likeness (QED) is 0.627. The Kier molecular flexibility index (Phi) is 6.22. The molecule has 1 saturated heterocycles. The number of rotatable bonds is 4. The first-order valence-corrected chi connectivity index (χ1v) is 13.3. The van der Waals surface area contributed by atoms with Crippen molar-refractivity contribution in [2.75, 3.05) is 50.1 Å². The molecule has 2 aromatic rings. The van der Waals surface area contributed by atoms with Crippen LogP contribution in [0.3, 0.4) is 0 Å². The van der Waals surface area contributed by atoms with Crippen LogP contribution in [0.1, 0.15) is 12.0 Å². The molecule has 3 heterocycles. The van der Waals surface area contributed by atoms with E-state index in [2.05, 4.69) is 4.90 Å². The molecule has 1 atom stereocenters. The zero-order chi connectivity index (χ0) is 23.9. The molecule has 182 valence electrons. The number of amides is 1. The van der Waals surface area contributed by atoms with Gasteiger partial charge in [-0.3, -0.25) is 14.0 Å². The number of sulfonamides is 1. The van der Waals surface area contributed by atoms with Crippen molar-refractivity contribution in [2.24, 2.45) is 0 Å². The van der Waals surface area contributed by atoms with Gasteiger partial charge in [0.15, 0.2) is 17.6 Å². The number of ether oxygens (including phenoxy) is 3. The minimum Gasteiger partial charge on any atom is -0.478 e. The Bertz CT molecular complexity index is 1200. The Balaban J connectivity index is 1.23. The van der Waals surface area contributed by atoms with Crippen LogP contribution >= 0.6 is 11.6 Å². The van der Waals surface area contributed by atoms with E-state index in [4.69, 9.17) is 25.8 Å². The van der Waals surface area contributed by atoms with Gasteiger partial charge in [0.2, 0.25) is 16.8 Å². The Morgan fingerprint density at radius 3 is 2.50 bits per heavy atom. The number of carbonyl (C=O) groups is 1. The van der Waals surface area contributed by atoms with Gasteiger partial charge >= 0.3 is 0 Å². The fourth-order valence-corrected chi connectivity index (χ4v) is 5.60. The van der Waals surface area contributed by atoms with Crippen molar-refractivity contribution in [1.82, 2.24) is 9.80 Å². The minimum absolute atomic E-state index is 0.126. The number of hydrogen-bond acceptors (Lipinski definition) is 7. The highest BCUT2D eigenvalue weighted by atomic mass is 35.5. The van der Waals surface area contributed by atoms with Gasteiger partial charge in [0.25, 0.3) is 5.91 Å². The number of hydrogen-bond donors (Lipinski definition) is 0. The van der Waals surface area contributed by atoms with E-state index in [0.29, 0.717) is 29.5 Å². The first-order chi connectivity index (χ1) is 16.3. The molecule has 2 aromatic carbocycles. The summed E-state index contributed by atoms with van der Waals surface area (Å²) in [4.78, 5) is 17.4. The monoisotopic (exact) mass is 507 g/mol. The van der Waals surface area contributed by atoms with Crippen molar-refractivity contribution >= 4 is 33.2 Å². The van der Waals surface area contributed by atoms with Gasteiger partial charge in [0, 0.05) is 50.7 Å². The summed E-state index contributed by atoms with van der Waals surface area (Å²) < 4.78 is 42.8. The maximum Gasteiger partial charge on any atom is 0.263 e. The molecular weight excluding hydrogens is 482 g/mol. The summed E-state index contributed by atoms with van der Waals surface area (Å²) >= 11 is 6.10. The lowest BCUT2D eigenvalue weighted by Gasteiger charge is -2.36. The van der Waals surface area contributed by atoms with Gasteiger partial charge in [0.05, 0.1) is 11.9 Å². The third-order valence-electron chi connectivity index (χ3n) is 6.26. The van der Waals surface area contributed by atoms with Crippen LogP contribution in [0.25, 0.3) is 0 Å². The van der Waals surface area contributed by atoms with E-state index in [1.54, 1.807) is 23.1 Å². The second kappa shape index (κ2) is 9.16. The van der Waals surface area contributed by atoms with Crippen LogP contribution in [0, 0.1) is 0 Å². The van der Waals surface area contributed by atoms with Crippen molar-refractivity contribution < 1.29 is 27.4 Å². The molecule has 0 bridgehead atoms. The van der Waals surface area contributed by atoms with E-state index < -0.39 is 16.1 Å².